The molecule has 1 aliphatic rings. The van der Waals surface area contributed by atoms with Crippen molar-refractivity contribution in [2.45, 2.75) is 32.3 Å². The van der Waals surface area contributed by atoms with E-state index in [-0.39, 0.29) is 5.41 Å². The first kappa shape index (κ1) is 10.7. The van der Waals surface area contributed by atoms with Crippen LogP contribution in [0.2, 0.25) is 0 Å². The lowest BCUT2D eigenvalue weighted by atomic mass is 9.80. The van der Waals surface area contributed by atoms with Crippen molar-refractivity contribution in [3.63, 3.8) is 0 Å². The van der Waals surface area contributed by atoms with Gasteiger partial charge in [-0.3, -0.25) is 4.98 Å². The maximum Gasteiger partial charge on any atom is 0.0928 e. The first-order valence-corrected chi connectivity index (χ1v) is 6.11. The summed E-state index contributed by atoms with van der Waals surface area (Å²) in [6.45, 7) is 4.09. The van der Waals surface area contributed by atoms with Gasteiger partial charge in [0, 0.05) is 17.0 Å². The third-order valence-electron chi connectivity index (χ3n) is 4.35. The highest BCUT2D eigenvalue weighted by atomic mass is 16.3. The van der Waals surface area contributed by atoms with Gasteiger partial charge in [0.05, 0.1) is 11.1 Å². The minimum atomic E-state index is -0.768. The van der Waals surface area contributed by atoms with E-state index < -0.39 is 5.60 Å². The van der Waals surface area contributed by atoms with Gasteiger partial charge in [0.25, 0.3) is 0 Å². The number of benzene rings is 1. The number of aliphatic hydroxyl groups is 1. The van der Waals surface area contributed by atoms with E-state index in [1.54, 1.807) is 6.20 Å². The Labute approximate surface area is 101 Å². The molecule has 1 atom stereocenters. The standard InChI is InChI=1S/C15H17NO/c1-14(8-9-14)15(2,17)12-6-3-7-13-11(12)5-4-10-16-13/h3-7,10,17H,8-9H2,1-2H3. The summed E-state index contributed by atoms with van der Waals surface area (Å²) in [6, 6.07) is 9.96. The molecule has 17 heavy (non-hydrogen) atoms. The Bertz CT molecular complexity index is 565. The van der Waals surface area contributed by atoms with E-state index in [9.17, 15) is 5.11 Å². The fraction of sp³-hybridized carbons (Fsp3) is 0.400. The lowest BCUT2D eigenvalue weighted by molar-refractivity contribution is -0.0112. The number of fused-ring (bicyclic) bond motifs is 1. The third-order valence-corrected chi connectivity index (χ3v) is 4.35. The number of hydrogen-bond acceptors (Lipinski definition) is 2. The van der Waals surface area contributed by atoms with E-state index in [2.05, 4.69) is 11.9 Å². The molecule has 1 aliphatic carbocycles. The maximum atomic E-state index is 10.9. The Morgan fingerprint density at radius 2 is 2.00 bits per heavy atom. The van der Waals surface area contributed by atoms with Crippen molar-refractivity contribution in [2.24, 2.45) is 5.41 Å². The molecular weight excluding hydrogens is 210 g/mol. The minimum absolute atomic E-state index is 0.0249. The number of nitrogens with zero attached hydrogens (tertiary/aromatic N) is 1. The molecule has 0 spiro atoms. The van der Waals surface area contributed by atoms with Gasteiger partial charge < -0.3 is 5.11 Å². The molecule has 0 radical (unpaired) electrons. The molecule has 0 amide bonds. The molecule has 1 unspecified atom stereocenters. The number of hydrogen-bond donors (Lipinski definition) is 1. The Balaban J connectivity index is 2.24. The zero-order valence-electron chi connectivity index (χ0n) is 10.3. The van der Waals surface area contributed by atoms with Gasteiger partial charge in [0.15, 0.2) is 0 Å². The van der Waals surface area contributed by atoms with Crippen LogP contribution in [0, 0.1) is 5.41 Å². The van der Waals surface area contributed by atoms with Gasteiger partial charge in [0.2, 0.25) is 0 Å². The van der Waals surface area contributed by atoms with E-state index in [1.807, 2.05) is 37.3 Å². The zero-order chi connectivity index (χ0) is 12.1. The average Bonchev–Trinajstić information content (AvgIpc) is 3.08. The van der Waals surface area contributed by atoms with Crippen LogP contribution in [-0.2, 0) is 5.60 Å². The van der Waals surface area contributed by atoms with Crippen molar-refractivity contribution in [2.75, 3.05) is 0 Å². The molecule has 2 heteroatoms. The topological polar surface area (TPSA) is 33.1 Å². The first-order valence-electron chi connectivity index (χ1n) is 6.11. The monoisotopic (exact) mass is 227 g/mol. The molecule has 1 fully saturated rings. The second-order valence-electron chi connectivity index (χ2n) is 5.51. The SMILES string of the molecule is CC1(C(C)(O)c2cccc3ncccc23)CC1. The lowest BCUT2D eigenvalue weighted by Crippen LogP contribution is -2.31. The molecule has 0 aliphatic heterocycles. The van der Waals surface area contributed by atoms with Crippen LogP contribution in [0.3, 0.4) is 0 Å². The molecule has 88 valence electrons. The lowest BCUT2D eigenvalue weighted by Gasteiger charge is -2.32. The summed E-state index contributed by atoms with van der Waals surface area (Å²) < 4.78 is 0. The Kier molecular flexibility index (Phi) is 2.08. The highest BCUT2D eigenvalue weighted by Crippen LogP contribution is 2.58. The van der Waals surface area contributed by atoms with E-state index >= 15 is 0 Å². The summed E-state index contributed by atoms with van der Waals surface area (Å²) in [5, 5.41) is 11.9. The van der Waals surface area contributed by atoms with Crippen LogP contribution in [0.25, 0.3) is 10.9 Å². The van der Waals surface area contributed by atoms with Crippen molar-refractivity contribution < 1.29 is 5.11 Å². The number of rotatable bonds is 2. The van der Waals surface area contributed by atoms with Gasteiger partial charge in [-0.25, -0.2) is 0 Å². The van der Waals surface area contributed by atoms with Crippen LogP contribution in [0.5, 0.6) is 0 Å². The van der Waals surface area contributed by atoms with Crippen molar-refractivity contribution in [3.8, 4) is 0 Å². The largest absolute Gasteiger partial charge is 0.385 e. The van der Waals surface area contributed by atoms with Crippen molar-refractivity contribution in [1.29, 1.82) is 0 Å². The predicted molar refractivity (Wildman–Crippen MR) is 68.7 cm³/mol. The summed E-state index contributed by atoms with van der Waals surface area (Å²) in [7, 11) is 0. The second kappa shape index (κ2) is 3.30. The molecule has 1 aromatic carbocycles. The maximum absolute atomic E-state index is 10.9. The molecule has 0 saturated heterocycles. The number of pyridine rings is 1. The van der Waals surface area contributed by atoms with Gasteiger partial charge in [-0.2, -0.15) is 0 Å². The van der Waals surface area contributed by atoms with Crippen LogP contribution in [0.15, 0.2) is 36.5 Å². The van der Waals surface area contributed by atoms with Crippen molar-refractivity contribution in [3.05, 3.63) is 42.1 Å². The normalized spacial score (nSPS) is 21.1. The number of aromatic nitrogens is 1. The van der Waals surface area contributed by atoms with Gasteiger partial charge in [-0.05, 0) is 37.5 Å². The van der Waals surface area contributed by atoms with Gasteiger partial charge >= 0.3 is 0 Å². The molecule has 1 saturated carbocycles. The molecule has 2 nitrogen and oxygen atoms in total. The Hall–Kier alpha value is -1.41. The third kappa shape index (κ3) is 1.48. The quantitative estimate of drug-likeness (QED) is 0.854. The van der Waals surface area contributed by atoms with E-state index in [1.165, 1.54) is 0 Å². The zero-order valence-corrected chi connectivity index (χ0v) is 10.3. The molecular formula is C15H17NO. The van der Waals surface area contributed by atoms with Crippen LogP contribution in [-0.4, -0.2) is 10.1 Å². The smallest absolute Gasteiger partial charge is 0.0928 e. The molecule has 0 bridgehead atoms. The Morgan fingerprint density at radius 1 is 1.24 bits per heavy atom. The fourth-order valence-electron chi connectivity index (χ4n) is 2.53. The molecule has 3 rings (SSSR count). The highest BCUT2D eigenvalue weighted by Gasteiger charge is 2.53. The molecule has 1 N–H and O–H groups in total. The van der Waals surface area contributed by atoms with Crippen LogP contribution < -0.4 is 0 Å². The van der Waals surface area contributed by atoms with Gasteiger partial charge in [-0.1, -0.05) is 25.1 Å². The van der Waals surface area contributed by atoms with Crippen LogP contribution in [0.1, 0.15) is 32.3 Å². The summed E-state index contributed by atoms with van der Waals surface area (Å²) in [6.07, 6.45) is 3.98. The highest BCUT2D eigenvalue weighted by molar-refractivity contribution is 5.83. The van der Waals surface area contributed by atoms with E-state index in [4.69, 9.17) is 0 Å². The van der Waals surface area contributed by atoms with Crippen LogP contribution >= 0.6 is 0 Å². The van der Waals surface area contributed by atoms with E-state index in [0.717, 1.165) is 29.3 Å². The van der Waals surface area contributed by atoms with E-state index in [0.29, 0.717) is 0 Å². The summed E-state index contributed by atoms with van der Waals surface area (Å²) in [5.74, 6) is 0. The molecule has 1 aromatic heterocycles. The summed E-state index contributed by atoms with van der Waals surface area (Å²) in [4.78, 5) is 4.35. The summed E-state index contributed by atoms with van der Waals surface area (Å²) >= 11 is 0. The van der Waals surface area contributed by atoms with Crippen molar-refractivity contribution in [1.82, 2.24) is 4.98 Å². The molecule has 2 aromatic rings. The first-order chi connectivity index (χ1) is 8.05. The Morgan fingerprint density at radius 3 is 2.71 bits per heavy atom. The second-order valence-corrected chi connectivity index (χ2v) is 5.51. The fourth-order valence-corrected chi connectivity index (χ4v) is 2.53. The van der Waals surface area contributed by atoms with Crippen LogP contribution in [0.4, 0.5) is 0 Å². The summed E-state index contributed by atoms with van der Waals surface area (Å²) in [5.41, 5.74) is 1.21. The van der Waals surface area contributed by atoms with Gasteiger partial charge in [0.1, 0.15) is 0 Å². The van der Waals surface area contributed by atoms with Gasteiger partial charge in [-0.15, -0.1) is 0 Å². The predicted octanol–water partition coefficient (Wildman–Crippen LogP) is 3.24. The minimum Gasteiger partial charge on any atom is -0.385 e. The molecule has 1 heterocycles. The van der Waals surface area contributed by atoms with Crippen molar-refractivity contribution >= 4 is 10.9 Å². The average molecular weight is 227 g/mol.